The van der Waals surface area contributed by atoms with Crippen molar-refractivity contribution < 1.29 is 4.79 Å². The molecule has 2 aromatic rings. The molecule has 0 fully saturated rings. The summed E-state index contributed by atoms with van der Waals surface area (Å²) in [5.74, 6) is 0.270. The van der Waals surface area contributed by atoms with Gasteiger partial charge in [0.25, 0.3) is 0 Å². The predicted molar refractivity (Wildman–Crippen MR) is 103 cm³/mol. The van der Waals surface area contributed by atoms with Crippen molar-refractivity contribution in [3.05, 3.63) is 70.8 Å². The molecule has 0 aliphatic rings. The zero-order chi connectivity index (χ0) is 18.0. The van der Waals surface area contributed by atoms with Gasteiger partial charge in [-0.1, -0.05) is 90.1 Å². The second-order valence-electron chi connectivity index (χ2n) is 8.79. The molecule has 1 heteroatoms. The smallest absolute Gasteiger partial charge is 0.141 e. The summed E-state index contributed by atoms with van der Waals surface area (Å²) < 4.78 is 0. The van der Waals surface area contributed by atoms with Crippen LogP contribution in [0.4, 0.5) is 0 Å². The average molecular weight is 322 g/mol. The van der Waals surface area contributed by atoms with Gasteiger partial charge in [-0.25, -0.2) is 0 Å². The Labute approximate surface area is 147 Å². The van der Waals surface area contributed by atoms with E-state index >= 15 is 0 Å². The molecule has 0 radical (unpaired) electrons. The van der Waals surface area contributed by atoms with Crippen molar-refractivity contribution >= 4 is 5.78 Å². The summed E-state index contributed by atoms with van der Waals surface area (Å²) in [5, 5.41) is 0. The number of carbonyl (C=O) groups is 1. The van der Waals surface area contributed by atoms with Crippen LogP contribution in [0.1, 0.15) is 63.8 Å². The van der Waals surface area contributed by atoms with Gasteiger partial charge in [0.05, 0.1) is 0 Å². The lowest BCUT2D eigenvalue weighted by atomic mass is 9.85. The van der Waals surface area contributed by atoms with Crippen LogP contribution in [-0.2, 0) is 28.5 Å². The first-order valence-electron chi connectivity index (χ1n) is 8.76. The quantitative estimate of drug-likeness (QED) is 0.712. The first-order chi connectivity index (χ1) is 11.1. The van der Waals surface area contributed by atoms with Gasteiger partial charge in [0.15, 0.2) is 0 Å². The van der Waals surface area contributed by atoms with Crippen LogP contribution in [0.15, 0.2) is 48.5 Å². The maximum absolute atomic E-state index is 12.5. The molecule has 24 heavy (non-hydrogen) atoms. The third-order valence-electron chi connectivity index (χ3n) is 4.39. The molecule has 0 N–H and O–H groups in total. The van der Waals surface area contributed by atoms with Crippen molar-refractivity contribution in [2.75, 3.05) is 0 Å². The zero-order valence-corrected chi connectivity index (χ0v) is 15.9. The van der Waals surface area contributed by atoms with E-state index in [1.54, 1.807) is 0 Å². The Kier molecular flexibility index (Phi) is 5.32. The van der Waals surface area contributed by atoms with E-state index in [0.29, 0.717) is 12.8 Å². The second-order valence-corrected chi connectivity index (χ2v) is 8.79. The van der Waals surface area contributed by atoms with Crippen molar-refractivity contribution in [2.24, 2.45) is 0 Å². The fourth-order valence-electron chi connectivity index (χ4n) is 2.81. The lowest BCUT2D eigenvalue weighted by molar-refractivity contribution is -0.117. The SMILES string of the molecule is CC(C)(C)c1cccc(CC(=O)Cc2cccc(C(C)(C)C)c2)c1. The minimum atomic E-state index is 0.111. The normalized spacial score (nSPS) is 12.2. The summed E-state index contributed by atoms with van der Waals surface area (Å²) in [4.78, 5) is 12.5. The van der Waals surface area contributed by atoms with E-state index in [9.17, 15) is 4.79 Å². The highest BCUT2D eigenvalue weighted by molar-refractivity contribution is 5.83. The maximum atomic E-state index is 12.5. The molecule has 2 rings (SSSR count). The molecular formula is C23H30O. The van der Waals surface area contributed by atoms with Crippen molar-refractivity contribution in [1.29, 1.82) is 0 Å². The molecule has 0 aliphatic heterocycles. The number of ketones is 1. The molecule has 0 bridgehead atoms. The van der Waals surface area contributed by atoms with Gasteiger partial charge < -0.3 is 0 Å². The summed E-state index contributed by atoms with van der Waals surface area (Å²) in [6, 6.07) is 16.8. The van der Waals surface area contributed by atoms with Gasteiger partial charge in [-0.05, 0) is 33.1 Å². The number of carbonyl (C=O) groups excluding carboxylic acids is 1. The Bertz CT molecular complexity index is 650. The molecule has 0 atom stereocenters. The third kappa shape index (κ3) is 5.06. The van der Waals surface area contributed by atoms with Crippen molar-refractivity contribution in [3.63, 3.8) is 0 Å². The average Bonchev–Trinajstić information content (AvgIpc) is 2.46. The minimum Gasteiger partial charge on any atom is -0.299 e. The number of Topliss-reactive ketones (excluding diaryl/α,β-unsaturated/α-hetero) is 1. The molecule has 0 amide bonds. The molecule has 0 unspecified atom stereocenters. The van der Waals surface area contributed by atoms with Gasteiger partial charge >= 0.3 is 0 Å². The predicted octanol–water partition coefficient (Wildman–Crippen LogP) is 5.64. The maximum Gasteiger partial charge on any atom is 0.141 e. The van der Waals surface area contributed by atoms with E-state index in [0.717, 1.165) is 11.1 Å². The molecule has 0 spiro atoms. The van der Waals surface area contributed by atoms with E-state index in [4.69, 9.17) is 0 Å². The monoisotopic (exact) mass is 322 g/mol. The van der Waals surface area contributed by atoms with Gasteiger partial charge in [0, 0.05) is 12.8 Å². The van der Waals surface area contributed by atoms with Crippen LogP contribution in [0.5, 0.6) is 0 Å². The second kappa shape index (κ2) is 6.93. The lowest BCUT2D eigenvalue weighted by Crippen LogP contribution is -2.13. The molecule has 0 saturated carbocycles. The van der Waals surface area contributed by atoms with E-state index in [-0.39, 0.29) is 16.6 Å². The topological polar surface area (TPSA) is 17.1 Å². The van der Waals surface area contributed by atoms with Crippen molar-refractivity contribution in [2.45, 2.75) is 65.2 Å². The van der Waals surface area contributed by atoms with Crippen LogP contribution in [0.2, 0.25) is 0 Å². The van der Waals surface area contributed by atoms with Crippen LogP contribution in [-0.4, -0.2) is 5.78 Å². The molecule has 0 aromatic heterocycles. The molecule has 128 valence electrons. The summed E-state index contributed by atoms with van der Waals surface area (Å²) in [5.41, 5.74) is 5.00. The van der Waals surface area contributed by atoms with Crippen LogP contribution in [0, 0.1) is 0 Å². The number of hydrogen-bond donors (Lipinski definition) is 0. The number of benzene rings is 2. The van der Waals surface area contributed by atoms with Crippen molar-refractivity contribution in [3.8, 4) is 0 Å². The number of rotatable bonds is 4. The first kappa shape index (κ1) is 18.4. The highest BCUT2D eigenvalue weighted by Gasteiger charge is 2.16. The first-order valence-corrected chi connectivity index (χ1v) is 8.76. The van der Waals surface area contributed by atoms with Crippen LogP contribution in [0.3, 0.4) is 0 Å². The number of hydrogen-bond acceptors (Lipinski definition) is 1. The van der Waals surface area contributed by atoms with Gasteiger partial charge in [-0.15, -0.1) is 0 Å². The summed E-state index contributed by atoms with van der Waals surface area (Å²) in [7, 11) is 0. The third-order valence-corrected chi connectivity index (χ3v) is 4.39. The van der Waals surface area contributed by atoms with Gasteiger partial charge in [-0.2, -0.15) is 0 Å². The van der Waals surface area contributed by atoms with Gasteiger partial charge in [0.1, 0.15) is 5.78 Å². The standard InChI is InChI=1S/C23H30O/c1-22(2,3)19-11-7-9-17(13-19)15-21(24)16-18-10-8-12-20(14-18)23(4,5)6/h7-14H,15-16H2,1-6H3. The van der Waals surface area contributed by atoms with Crippen LogP contribution in [0.25, 0.3) is 0 Å². The highest BCUT2D eigenvalue weighted by atomic mass is 16.1. The fourth-order valence-corrected chi connectivity index (χ4v) is 2.81. The summed E-state index contributed by atoms with van der Waals surface area (Å²) in [6.45, 7) is 13.2. The Morgan fingerprint density at radius 1 is 0.708 bits per heavy atom. The Morgan fingerprint density at radius 3 is 1.42 bits per heavy atom. The Hall–Kier alpha value is -1.89. The molecule has 2 aromatic carbocycles. The molecule has 1 nitrogen and oxygen atoms in total. The minimum absolute atomic E-state index is 0.111. The highest BCUT2D eigenvalue weighted by Crippen LogP contribution is 2.24. The summed E-state index contributed by atoms with van der Waals surface area (Å²) in [6.07, 6.45) is 1.01. The van der Waals surface area contributed by atoms with Crippen molar-refractivity contribution in [1.82, 2.24) is 0 Å². The van der Waals surface area contributed by atoms with E-state index < -0.39 is 0 Å². The summed E-state index contributed by atoms with van der Waals surface area (Å²) >= 11 is 0. The van der Waals surface area contributed by atoms with E-state index in [1.807, 2.05) is 0 Å². The zero-order valence-electron chi connectivity index (χ0n) is 15.9. The van der Waals surface area contributed by atoms with E-state index in [1.165, 1.54) is 11.1 Å². The van der Waals surface area contributed by atoms with Gasteiger partial charge in [-0.3, -0.25) is 4.79 Å². The molecule has 0 heterocycles. The van der Waals surface area contributed by atoms with Crippen LogP contribution < -0.4 is 0 Å². The van der Waals surface area contributed by atoms with Gasteiger partial charge in [0.2, 0.25) is 0 Å². The Morgan fingerprint density at radius 2 is 1.08 bits per heavy atom. The molecule has 0 aliphatic carbocycles. The van der Waals surface area contributed by atoms with Crippen LogP contribution >= 0.6 is 0 Å². The van der Waals surface area contributed by atoms with E-state index in [2.05, 4.69) is 90.1 Å². The Balaban J connectivity index is 2.09. The fraction of sp³-hybridized carbons (Fsp3) is 0.435. The molecule has 0 saturated heterocycles. The largest absolute Gasteiger partial charge is 0.299 e. The lowest BCUT2D eigenvalue weighted by Gasteiger charge is -2.20. The molecular weight excluding hydrogens is 292 g/mol.